The van der Waals surface area contributed by atoms with Crippen LogP contribution in [0.15, 0.2) is 59.7 Å². The Labute approximate surface area is 138 Å². The van der Waals surface area contributed by atoms with Gasteiger partial charge in [0.05, 0.1) is 11.8 Å². The Morgan fingerprint density at radius 1 is 1.00 bits per heavy atom. The molecule has 0 aliphatic rings. The number of carbonyl (C=O) groups excluding carboxylic acids is 1. The standard InChI is InChI=1S/C19H16N2O3/c1-12-6-7-17(22)15(8-12)11-20-21-19(24)16-9-13-4-2-3-5-14(13)10-18(16)23/h2-11,22-23H,1H3,(H,21,24). The lowest BCUT2D eigenvalue weighted by Gasteiger charge is -2.06. The molecule has 24 heavy (non-hydrogen) atoms. The first-order valence-electron chi connectivity index (χ1n) is 7.39. The average Bonchev–Trinajstić information content (AvgIpc) is 2.57. The number of rotatable bonds is 3. The zero-order chi connectivity index (χ0) is 17.1. The van der Waals surface area contributed by atoms with E-state index in [1.165, 1.54) is 6.21 Å². The normalized spacial score (nSPS) is 11.0. The molecule has 5 heteroatoms. The fraction of sp³-hybridized carbons (Fsp3) is 0.0526. The second-order valence-electron chi connectivity index (χ2n) is 5.48. The topological polar surface area (TPSA) is 81.9 Å². The number of hydrogen-bond donors (Lipinski definition) is 3. The van der Waals surface area contributed by atoms with Crippen LogP contribution in [-0.4, -0.2) is 22.3 Å². The number of hydrazone groups is 1. The van der Waals surface area contributed by atoms with E-state index < -0.39 is 5.91 Å². The molecule has 120 valence electrons. The molecule has 3 aromatic carbocycles. The third-order valence-corrected chi connectivity index (χ3v) is 3.66. The molecule has 0 atom stereocenters. The van der Waals surface area contributed by atoms with Gasteiger partial charge in [-0.05, 0) is 42.0 Å². The number of amides is 1. The average molecular weight is 320 g/mol. The van der Waals surface area contributed by atoms with Gasteiger partial charge in [0.2, 0.25) is 0 Å². The maximum Gasteiger partial charge on any atom is 0.275 e. The van der Waals surface area contributed by atoms with Gasteiger partial charge in [-0.3, -0.25) is 4.79 Å². The highest BCUT2D eigenvalue weighted by Crippen LogP contribution is 2.24. The second-order valence-corrected chi connectivity index (χ2v) is 5.48. The first-order valence-corrected chi connectivity index (χ1v) is 7.39. The molecule has 3 aromatic rings. The zero-order valence-corrected chi connectivity index (χ0v) is 13.0. The third kappa shape index (κ3) is 3.20. The minimum atomic E-state index is -0.526. The number of hydrogen-bond acceptors (Lipinski definition) is 4. The summed E-state index contributed by atoms with van der Waals surface area (Å²) < 4.78 is 0. The van der Waals surface area contributed by atoms with Gasteiger partial charge in [-0.2, -0.15) is 5.10 Å². The molecule has 0 aliphatic heterocycles. The van der Waals surface area contributed by atoms with E-state index in [2.05, 4.69) is 10.5 Å². The molecule has 0 saturated heterocycles. The van der Waals surface area contributed by atoms with Gasteiger partial charge < -0.3 is 10.2 Å². The number of nitrogens with one attached hydrogen (secondary N) is 1. The van der Waals surface area contributed by atoms with Crippen molar-refractivity contribution in [3.63, 3.8) is 0 Å². The van der Waals surface area contributed by atoms with Gasteiger partial charge in [-0.15, -0.1) is 0 Å². The number of aromatic hydroxyl groups is 2. The lowest BCUT2D eigenvalue weighted by atomic mass is 10.1. The van der Waals surface area contributed by atoms with E-state index in [1.807, 2.05) is 31.2 Å². The van der Waals surface area contributed by atoms with E-state index in [4.69, 9.17) is 0 Å². The first kappa shape index (κ1) is 15.6. The van der Waals surface area contributed by atoms with Crippen LogP contribution in [0.4, 0.5) is 0 Å². The summed E-state index contributed by atoms with van der Waals surface area (Å²) in [6, 6.07) is 15.7. The lowest BCUT2D eigenvalue weighted by Crippen LogP contribution is -2.17. The van der Waals surface area contributed by atoms with Crippen LogP contribution in [0.3, 0.4) is 0 Å². The van der Waals surface area contributed by atoms with Gasteiger partial charge in [-0.25, -0.2) is 5.43 Å². The second kappa shape index (κ2) is 6.42. The van der Waals surface area contributed by atoms with Gasteiger partial charge in [0, 0.05) is 5.56 Å². The number of nitrogens with zero attached hydrogens (tertiary/aromatic N) is 1. The van der Waals surface area contributed by atoms with Crippen molar-refractivity contribution in [3.05, 3.63) is 71.3 Å². The Morgan fingerprint density at radius 2 is 1.71 bits per heavy atom. The highest BCUT2D eigenvalue weighted by Gasteiger charge is 2.11. The van der Waals surface area contributed by atoms with E-state index in [1.54, 1.807) is 30.3 Å². The molecule has 0 saturated carbocycles. The molecule has 0 radical (unpaired) electrons. The molecule has 1 amide bonds. The van der Waals surface area contributed by atoms with Crippen molar-refractivity contribution in [2.75, 3.05) is 0 Å². The highest BCUT2D eigenvalue weighted by molar-refractivity contribution is 6.01. The predicted molar refractivity (Wildman–Crippen MR) is 93.5 cm³/mol. The van der Waals surface area contributed by atoms with Gasteiger partial charge in [0.15, 0.2) is 0 Å². The van der Waals surface area contributed by atoms with Crippen molar-refractivity contribution in [1.82, 2.24) is 5.43 Å². The van der Waals surface area contributed by atoms with Gasteiger partial charge in [0.25, 0.3) is 5.91 Å². The molecule has 5 nitrogen and oxygen atoms in total. The molecule has 0 aliphatic carbocycles. The maximum absolute atomic E-state index is 12.2. The molecule has 3 N–H and O–H groups in total. The van der Waals surface area contributed by atoms with E-state index in [0.29, 0.717) is 5.56 Å². The number of benzene rings is 3. The number of phenols is 2. The van der Waals surface area contributed by atoms with Crippen LogP contribution in [0, 0.1) is 6.92 Å². The zero-order valence-electron chi connectivity index (χ0n) is 13.0. The fourth-order valence-electron chi connectivity index (χ4n) is 2.41. The van der Waals surface area contributed by atoms with Gasteiger partial charge >= 0.3 is 0 Å². The van der Waals surface area contributed by atoms with Gasteiger partial charge in [-0.1, -0.05) is 35.9 Å². The largest absolute Gasteiger partial charge is 0.507 e. The van der Waals surface area contributed by atoms with E-state index in [-0.39, 0.29) is 17.1 Å². The van der Waals surface area contributed by atoms with Crippen molar-refractivity contribution in [1.29, 1.82) is 0 Å². The smallest absolute Gasteiger partial charge is 0.275 e. The summed E-state index contributed by atoms with van der Waals surface area (Å²) >= 11 is 0. The molecule has 3 rings (SSSR count). The molecular formula is C19H16N2O3. The summed E-state index contributed by atoms with van der Waals surface area (Å²) in [6.45, 7) is 1.89. The van der Waals surface area contributed by atoms with Crippen LogP contribution in [0.25, 0.3) is 10.8 Å². The van der Waals surface area contributed by atoms with E-state index >= 15 is 0 Å². The summed E-state index contributed by atoms with van der Waals surface area (Å²) in [5.41, 5.74) is 3.96. The summed E-state index contributed by atoms with van der Waals surface area (Å²) in [6.07, 6.45) is 1.36. The number of carbonyl (C=O) groups is 1. The van der Waals surface area contributed by atoms with Crippen molar-refractivity contribution in [3.8, 4) is 11.5 Å². The summed E-state index contributed by atoms with van der Waals surface area (Å²) in [5, 5.41) is 25.3. The summed E-state index contributed by atoms with van der Waals surface area (Å²) in [7, 11) is 0. The van der Waals surface area contributed by atoms with Crippen LogP contribution >= 0.6 is 0 Å². The molecule has 0 bridgehead atoms. The first-order chi connectivity index (χ1) is 11.5. The van der Waals surface area contributed by atoms with Gasteiger partial charge in [0.1, 0.15) is 11.5 Å². The Morgan fingerprint density at radius 3 is 2.46 bits per heavy atom. The van der Waals surface area contributed by atoms with Crippen LogP contribution < -0.4 is 5.43 Å². The molecule has 0 aromatic heterocycles. The van der Waals surface area contributed by atoms with E-state index in [9.17, 15) is 15.0 Å². The highest BCUT2D eigenvalue weighted by atomic mass is 16.3. The Balaban J connectivity index is 1.81. The van der Waals surface area contributed by atoms with Crippen LogP contribution in [0.1, 0.15) is 21.5 Å². The predicted octanol–water partition coefficient (Wildman–Crippen LogP) is 3.32. The van der Waals surface area contributed by atoms with Crippen molar-refractivity contribution in [2.45, 2.75) is 6.92 Å². The van der Waals surface area contributed by atoms with Crippen molar-refractivity contribution in [2.24, 2.45) is 5.10 Å². The fourth-order valence-corrected chi connectivity index (χ4v) is 2.41. The molecule has 0 heterocycles. The Kier molecular flexibility index (Phi) is 4.16. The van der Waals surface area contributed by atoms with Crippen LogP contribution in [0.5, 0.6) is 11.5 Å². The number of fused-ring (bicyclic) bond motifs is 1. The summed E-state index contributed by atoms with van der Waals surface area (Å²) in [4.78, 5) is 12.2. The maximum atomic E-state index is 12.2. The number of aryl methyl sites for hydroxylation is 1. The SMILES string of the molecule is Cc1ccc(O)c(C=NNC(=O)c2cc3ccccc3cc2O)c1. The molecule has 0 unspecified atom stereocenters. The minimum Gasteiger partial charge on any atom is -0.507 e. The minimum absolute atomic E-state index is 0.0761. The lowest BCUT2D eigenvalue weighted by molar-refractivity contribution is 0.0952. The Hall–Kier alpha value is -3.34. The molecular weight excluding hydrogens is 304 g/mol. The molecule has 0 fully saturated rings. The summed E-state index contributed by atoms with van der Waals surface area (Å²) in [5.74, 6) is -0.561. The number of phenolic OH excluding ortho intramolecular Hbond substituents is 2. The van der Waals surface area contributed by atoms with Crippen LogP contribution in [-0.2, 0) is 0 Å². The third-order valence-electron chi connectivity index (χ3n) is 3.66. The van der Waals surface area contributed by atoms with Crippen LogP contribution in [0.2, 0.25) is 0 Å². The quantitative estimate of drug-likeness (QED) is 0.511. The Bertz CT molecular complexity index is 948. The van der Waals surface area contributed by atoms with Crippen molar-refractivity contribution >= 4 is 22.9 Å². The molecule has 0 spiro atoms. The van der Waals surface area contributed by atoms with E-state index in [0.717, 1.165) is 16.3 Å². The monoisotopic (exact) mass is 320 g/mol. The van der Waals surface area contributed by atoms with Crippen molar-refractivity contribution < 1.29 is 15.0 Å².